The first-order valence-corrected chi connectivity index (χ1v) is 16.9. The highest BCUT2D eigenvalue weighted by Gasteiger charge is 2.49. The second kappa shape index (κ2) is 16.4. The van der Waals surface area contributed by atoms with E-state index in [1.165, 1.54) is 25.3 Å². The second-order valence-corrected chi connectivity index (χ2v) is 13.3. The van der Waals surface area contributed by atoms with Gasteiger partial charge in [0.05, 0.1) is 32.5 Å². The fourth-order valence-electron chi connectivity index (χ4n) is 6.66. The highest BCUT2D eigenvalue weighted by atomic mass is 16.7. The summed E-state index contributed by atoms with van der Waals surface area (Å²) >= 11 is 0. The number of aliphatic hydroxyl groups is 11. The van der Waals surface area contributed by atoms with Gasteiger partial charge < -0.3 is 99.2 Å². The lowest BCUT2D eigenvalue weighted by Crippen LogP contribution is -2.62. The number of benzene rings is 2. The van der Waals surface area contributed by atoms with Gasteiger partial charge in [0.1, 0.15) is 108 Å². The van der Waals surface area contributed by atoms with Crippen molar-refractivity contribution < 1.29 is 99.2 Å². The van der Waals surface area contributed by atoms with E-state index in [-0.39, 0.29) is 39.4 Å². The summed E-state index contributed by atoms with van der Waals surface area (Å²) in [6.07, 6.45) is -24.9. The number of phenolic OH excluding ortho intramolecular Hbond substituents is 2. The van der Waals surface area contributed by atoms with E-state index >= 15 is 0 Å². The summed E-state index contributed by atoms with van der Waals surface area (Å²) in [5, 5.41) is 134. The van der Waals surface area contributed by atoms with E-state index in [1.807, 2.05) is 0 Å². The zero-order chi connectivity index (χ0) is 40.0. The maximum Gasteiger partial charge on any atom is 0.229 e. The fourth-order valence-corrected chi connectivity index (χ4v) is 6.66. The quantitative estimate of drug-likeness (QED) is 0.0919. The SMILES string of the molecule is COc1cc2oc(-c3ccc(OC4OC(COC5OC(CO)C(O)C(O)C5O)C(O)C(O)C4O)c(O)c3)cc(=O)c2c(O)c1C1OC(CO)C(O)C(O)C1O. The Bertz CT molecular complexity index is 1870. The standard InChI is InChI=1S/C34H42O21/c1-49-15-6-16-20(25(42)21(15)32-29(46)26(43)22(39)17(7-35)52-32)12(38)5-14(51-16)10-2-3-13(11(37)4-10)53-34-31(48)28(45)24(41)19(55-34)9-50-33-30(47)27(44)23(40)18(8-36)54-33/h2-6,17-19,22-24,26-37,39-48H,7-9H2,1H3. The molecular formula is C34H42O21. The summed E-state index contributed by atoms with van der Waals surface area (Å²) < 4.78 is 38.7. The first kappa shape index (κ1) is 40.9. The molecule has 6 rings (SSSR count). The van der Waals surface area contributed by atoms with Crippen LogP contribution in [0.25, 0.3) is 22.3 Å². The number of fused-ring (bicyclic) bond motifs is 1. The van der Waals surface area contributed by atoms with Gasteiger partial charge in [-0.05, 0) is 18.2 Å². The van der Waals surface area contributed by atoms with E-state index in [4.69, 9.17) is 32.8 Å². The van der Waals surface area contributed by atoms with Crippen molar-refractivity contribution in [1.29, 1.82) is 0 Å². The number of hydrogen-bond acceptors (Lipinski definition) is 21. The number of phenols is 2. The average Bonchev–Trinajstić information content (AvgIpc) is 3.17. The molecule has 13 N–H and O–H groups in total. The molecule has 21 heteroatoms. The minimum Gasteiger partial charge on any atom is -0.506 e. The number of aliphatic hydroxyl groups excluding tert-OH is 11. The van der Waals surface area contributed by atoms with E-state index in [1.54, 1.807) is 0 Å². The Balaban J connectivity index is 1.21. The Morgan fingerprint density at radius 2 is 1.24 bits per heavy atom. The van der Waals surface area contributed by atoms with Gasteiger partial charge in [-0.3, -0.25) is 4.79 Å². The molecule has 15 atom stereocenters. The highest BCUT2D eigenvalue weighted by molar-refractivity contribution is 5.88. The van der Waals surface area contributed by atoms with Crippen molar-refractivity contribution in [2.75, 3.05) is 26.9 Å². The monoisotopic (exact) mass is 786 g/mol. The summed E-state index contributed by atoms with van der Waals surface area (Å²) in [6.45, 7) is -2.09. The third-order valence-corrected chi connectivity index (χ3v) is 9.82. The van der Waals surface area contributed by atoms with E-state index in [0.29, 0.717) is 0 Å². The summed E-state index contributed by atoms with van der Waals surface area (Å²) in [4.78, 5) is 13.4. The molecule has 3 aliphatic rings. The highest BCUT2D eigenvalue weighted by Crippen LogP contribution is 2.45. The lowest BCUT2D eigenvalue weighted by molar-refractivity contribution is -0.323. The van der Waals surface area contributed by atoms with Gasteiger partial charge >= 0.3 is 0 Å². The largest absolute Gasteiger partial charge is 0.506 e. The molecular weight excluding hydrogens is 744 g/mol. The van der Waals surface area contributed by atoms with Gasteiger partial charge in [0.2, 0.25) is 6.29 Å². The molecule has 0 bridgehead atoms. The van der Waals surface area contributed by atoms with Crippen molar-refractivity contribution >= 4 is 11.0 Å². The zero-order valence-corrected chi connectivity index (χ0v) is 28.7. The zero-order valence-electron chi connectivity index (χ0n) is 28.7. The minimum absolute atomic E-state index is 0.103. The molecule has 4 heterocycles. The van der Waals surface area contributed by atoms with Crippen LogP contribution in [0.15, 0.2) is 39.5 Å². The van der Waals surface area contributed by atoms with E-state index < -0.39 is 129 Å². The Morgan fingerprint density at radius 1 is 0.655 bits per heavy atom. The molecule has 3 saturated heterocycles. The van der Waals surface area contributed by atoms with Gasteiger partial charge in [0, 0.05) is 17.7 Å². The topological polar surface area (TPSA) is 349 Å². The third-order valence-electron chi connectivity index (χ3n) is 9.82. The molecule has 0 saturated carbocycles. The molecule has 3 aliphatic heterocycles. The predicted octanol–water partition coefficient (Wildman–Crippen LogP) is -4.60. The molecule has 0 spiro atoms. The molecule has 3 aromatic rings. The summed E-state index contributed by atoms with van der Waals surface area (Å²) in [5.41, 5.74) is -1.18. The number of aromatic hydroxyl groups is 2. The van der Waals surface area contributed by atoms with E-state index in [0.717, 1.165) is 12.1 Å². The van der Waals surface area contributed by atoms with Gasteiger partial charge in [-0.2, -0.15) is 0 Å². The number of hydrogen-bond donors (Lipinski definition) is 13. The molecule has 1 aromatic heterocycles. The van der Waals surface area contributed by atoms with Gasteiger partial charge in [0.25, 0.3) is 0 Å². The van der Waals surface area contributed by atoms with Crippen LogP contribution >= 0.6 is 0 Å². The van der Waals surface area contributed by atoms with Crippen molar-refractivity contribution in [2.45, 2.75) is 91.9 Å². The van der Waals surface area contributed by atoms with Crippen molar-refractivity contribution in [1.82, 2.24) is 0 Å². The third kappa shape index (κ3) is 7.58. The second-order valence-electron chi connectivity index (χ2n) is 13.3. The van der Waals surface area contributed by atoms with E-state index in [2.05, 4.69) is 0 Å². The lowest BCUT2D eigenvalue weighted by atomic mass is 9.89. The van der Waals surface area contributed by atoms with Crippen LogP contribution in [0.3, 0.4) is 0 Å². The molecule has 2 aromatic carbocycles. The molecule has 55 heavy (non-hydrogen) atoms. The van der Waals surface area contributed by atoms with Crippen molar-refractivity contribution in [3.05, 3.63) is 46.1 Å². The first-order chi connectivity index (χ1) is 26.1. The smallest absolute Gasteiger partial charge is 0.229 e. The lowest BCUT2D eigenvalue weighted by Gasteiger charge is -2.42. The van der Waals surface area contributed by atoms with Gasteiger partial charge in [-0.1, -0.05) is 0 Å². The van der Waals surface area contributed by atoms with Crippen LogP contribution in [0.1, 0.15) is 11.7 Å². The van der Waals surface area contributed by atoms with E-state index in [9.17, 15) is 71.2 Å². The summed E-state index contributed by atoms with van der Waals surface area (Å²) in [7, 11) is 1.20. The maximum absolute atomic E-state index is 13.4. The fraction of sp³-hybridized carbons (Fsp3) is 0.559. The molecule has 0 aliphatic carbocycles. The first-order valence-electron chi connectivity index (χ1n) is 16.9. The van der Waals surface area contributed by atoms with Crippen LogP contribution in [0.5, 0.6) is 23.0 Å². The molecule has 0 radical (unpaired) electrons. The Labute approximate surface area is 309 Å². The van der Waals surface area contributed by atoms with Crippen molar-refractivity contribution in [3.63, 3.8) is 0 Å². The van der Waals surface area contributed by atoms with Gasteiger partial charge in [-0.25, -0.2) is 0 Å². The molecule has 0 amide bonds. The normalized spacial score (nSPS) is 36.8. The molecule has 21 nitrogen and oxygen atoms in total. The van der Waals surface area contributed by atoms with Crippen LogP contribution < -0.4 is 14.9 Å². The predicted molar refractivity (Wildman–Crippen MR) is 178 cm³/mol. The Kier molecular flexibility index (Phi) is 12.2. The van der Waals surface area contributed by atoms with Crippen LogP contribution in [-0.4, -0.2) is 179 Å². The number of rotatable bonds is 10. The molecule has 3 fully saturated rings. The van der Waals surface area contributed by atoms with Crippen molar-refractivity contribution in [3.8, 4) is 34.3 Å². The van der Waals surface area contributed by atoms with Gasteiger partial charge in [0.15, 0.2) is 23.2 Å². The van der Waals surface area contributed by atoms with Crippen LogP contribution in [0.4, 0.5) is 0 Å². The number of ether oxygens (including phenoxy) is 6. The summed E-state index contributed by atoms with van der Waals surface area (Å²) in [5.74, 6) is -1.91. The van der Waals surface area contributed by atoms with Gasteiger partial charge in [-0.15, -0.1) is 0 Å². The van der Waals surface area contributed by atoms with Crippen LogP contribution in [-0.2, 0) is 18.9 Å². The number of methoxy groups -OCH3 is 1. The maximum atomic E-state index is 13.4. The average molecular weight is 787 g/mol. The molecule has 15 unspecified atom stereocenters. The molecule has 304 valence electrons. The van der Waals surface area contributed by atoms with Crippen molar-refractivity contribution in [2.24, 2.45) is 0 Å². The Morgan fingerprint density at radius 3 is 1.85 bits per heavy atom. The Hall–Kier alpha value is -3.75. The van der Waals surface area contributed by atoms with Crippen LogP contribution in [0, 0.1) is 0 Å². The minimum atomic E-state index is -1.87. The summed E-state index contributed by atoms with van der Waals surface area (Å²) in [6, 6.07) is 5.82. The van der Waals surface area contributed by atoms with Crippen LogP contribution in [0.2, 0.25) is 0 Å².